The Labute approximate surface area is 176 Å². The molecule has 0 unspecified atom stereocenters. The van der Waals surface area contributed by atoms with Crippen LogP contribution in [-0.2, 0) is 13.1 Å². The molecule has 3 heterocycles. The maximum Gasteiger partial charge on any atom is 0.240 e. The van der Waals surface area contributed by atoms with Gasteiger partial charge in [0.1, 0.15) is 5.82 Å². The van der Waals surface area contributed by atoms with Gasteiger partial charge in [0.15, 0.2) is 0 Å². The third kappa shape index (κ3) is 5.06. The average Bonchev–Trinajstić information content (AvgIpc) is 3.22. The minimum atomic E-state index is -2.44. The highest BCUT2D eigenvalue weighted by Gasteiger charge is 2.18. The first-order valence-corrected chi connectivity index (χ1v) is 9.66. The molecule has 0 radical (unpaired) electrons. The number of imidazole rings is 1. The smallest absolute Gasteiger partial charge is 0.240 e. The lowest BCUT2D eigenvalue weighted by molar-refractivity contribution is 0.131. The van der Waals surface area contributed by atoms with Crippen LogP contribution in [0.2, 0.25) is 0 Å². The minimum absolute atomic E-state index is 0.0713. The predicted molar refractivity (Wildman–Crippen MR) is 111 cm³/mol. The Balaban J connectivity index is 1.68. The van der Waals surface area contributed by atoms with Crippen LogP contribution in [0.4, 0.5) is 19.1 Å². The summed E-state index contributed by atoms with van der Waals surface area (Å²) in [4.78, 5) is 17.4. The summed E-state index contributed by atoms with van der Waals surface area (Å²) in [6.07, 6.45) is 2.03. The van der Waals surface area contributed by atoms with Crippen molar-refractivity contribution in [2.75, 3.05) is 5.32 Å². The van der Waals surface area contributed by atoms with Crippen LogP contribution in [0.3, 0.4) is 0 Å². The van der Waals surface area contributed by atoms with Gasteiger partial charge in [0, 0.05) is 30.9 Å². The number of nitrogens with zero attached hydrogens (tertiary/aromatic N) is 5. The zero-order valence-electron chi connectivity index (χ0n) is 16.4. The third-order valence-corrected chi connectivity index (χ3v) is 4.60. The molecule has 4 aromatic rings. The first kappa shape index (κ1) is 20.5. The van der Waals surface area contributed by atoms with Crippen LogP contribution in [0, 0.1) is 5.82 Å². The van der Waals surface area contributed by atoms with Gasteiger partial charge in [0.25, 0.3) is 0 Å². The molecule has 0 aliphatic rings. The summed E-state index contributed by atoms with van der Waals surface area (Å²) in [5, 5.41) is 3.12. The molecule has 0 spiro atoms. The lowest BCUT2D eigenvalue weighted by atomic mass is 10.1. The molecule has 0 saturated heterocycles. The molecule has 9 heteroatoms. The number of benzene rings is 1. The molecule has 0 saturated carbocycles. The molecule has 0 aliphatic carbocycles. The zero-order chi connectivity index (χ0) is 21.6. The topological polar surface area (TPSA) is 68.5 Å². The van der Waals surface area contributed by atoms with E-state index in [0.29, 0.717) is 35.1 Å². The first-order valence-electron chi connectivity index (χ1n) is 9.66. The Morgan fingerprint density at radius 1 is 0.935 bits per heavy atom. The molecular weight excluding hydrogens is 405 g/mol. The van der Waals surface area contributed by atoms with E-state index in [2.05, 4.69) is 25.3 Å². The predicted octanol–water partition coefficient (Wildman–Crippen LogP) is 4.81. The number of aryl methyl sites for hydroxylation is 1. The molecule has 0 amide bonds. The van der Waals surface area contributed by atoms with Gasteiger partial charge in [-0.1, -0.05) is 6.07 Å². The van der Waals surface area contributed by atoms with E-state index < -0.39 is 6.43 Å². The molecule has 3 aromatic heterocycles. The number of pyridine rings is 1. The van der Waals surface area contributed by atoms with E-state index in [9.17, 15) is 13.2 Å². The fraction of sp³-hybridized carbons (Fsp3) is 0.182. The van der Waals surface area contributed by atoms with Crippen molar-refractivity contribution in [1.82, 2.24) is 24.5 Å². The van der Waals surface area contributed by atoms with E-state index >= 15 is 0 Å². The van der Waals surface area contributed by atoms with E-state index in [1.165, 1.54) is 18.5 Å². The lowest BCUT2D eigenvalue weighted by Gasteiger charge is -2.11. The van der Waals surface area contributed by atoms with Crippen LogP contribution < -0.4 is 5.32 Å². The summed E-state index contributed by atoms with van der Waals surface area (Å²) in [5.74, 6) is 0.000274. The number of hydrogen-bond acceptors (Lipinski definition) is 5. The fourth-order valence-corrected chi connectivity index (χ4v) is 3.12. The van der Waals surface area contributed by atoms with E-state index in [1.54, 1.807) is 35.2 Å². The molecule has 0 aliphatic heterocycles. The molecular formula is C22H19F3N6. The number of anilines is 1. The molecule has 6 nitrogen and oxygen atoms in total. The molecule has 31 heavy (non-hydrogen) atoms. The summed E-state index contributed by atoms with van der Waals surface area (Å²) >= 11 is 0. The molecule has 0 fully saturated rings. The van der Waals surface area contributed by atoms with E-state index in [4.69, 9.17) is 0 Å². The Hall–Kier alpha value is -3.75. The summed E-state index contributed by atoms with van der Waals surface area (Å²) < 4.78 is 40.7. The highest BCUT2D eigenvalue weighted by Crippen LogP contribution is 2.31. The number of hydrogen-bond donors (Lipinski definition) is 1. The van der Waals surface area contributed by atoms with Crippen molar-refractivity contribution < 1.29 is 13.2 Å². The van der Waals surface area contributed by atoms with Gasteiger partial charge in [-0.15, -0.1) is 0 Å². The summed E-state index contributed by atoms with van der Waals surface area (Å²) in [6.45, 7) is 0.502. The van der Waals surface area contributed by atoms with Crippen LogP contribution in [0.5, 0.6) is 0 Å². The molecule has 1 aromatic carbocycles. The van der Waals surface area contributed by atoms with Gasteiger partial charge in [0.05, 0.1) is 35.6 Å². The first-order chi connectivity index (χ1) is 15.1. The van der Waals surface area contributed by atoms with Crippen LogP contribution in [0.15, 0.2) is 67.3 Å². The van der Waals surface area contributed by atoms with Gasteiger partial charge in [0.2, 0.25) is 12.4 Å². The molecule has 0 atom stereocenters. The highest BCUT2D eigenvalue weighted by atomic mass is 19.3. The van der Waals surface area contributed by atoms with Gasteiger partial charge in [-0.3, -0.25) is 4.98 Å². The number of alkyl halides is 2. The van der Waals surface area contributed by atoms with E-state index in [-0.39, 0.29) is 18.8 Å². The van der Waals surface area contributed by atoms with Crippen molar-refractivity contribution in [3.63, 3.8) is 0 Å². The van der Waals surface area contributed by atoms with Gasteiger partial charge in [-0.05, 0) is 42.5 Å². The largest absolute Gasteiger partial charge is 0.349 e. The second-order valence-electron chi connectivity index (χ2n) is 6.76. The number of nitrogens with one attached hydrogen (secondary N) is 1. The SMILES string of the molecule is Fc1ccc(-c2ncn(CCC(F)F)c2-c2ccnc(NCc3ccccn3)n2)cc1. The molecule has 0 bridgehead atoms. The van der Waals surface area contributed by atoms with E-state index in [0.717, 1.165) is 5.69 Å². The van der Waals surface area contributed by atoms with Crippen molar-refractivity contribution in [3.05, 3.63) is 78.8 Å². The van der Waals surface area contributed by atoms with Crippen LogP contribution in [0.25, 0.3) is 22.6 Å². The maximum atomic E-state index is 13.4. The van der Waals surface area contributed by atoms with Crippen LogP contribution in [0.1, 0.15) is 12.1 Å². The van der Waals surface area contributed by atoms with Gasteiger partial charge < -0.3 is 9.88 Å². The summed E-state index contributed by atoms with van der Waals surface area (Å²) in [6, 6.07) is 13.1. The maximum absolute atomic E-state index is 13.4. The second-order valence-corrected chi connectivity index (χ2v) is 6.76. The summed E-state index contributed by atoms with van der Waals surface area (Å²) in [5.41, 5.74) is 3.10. The van der Waals surface area contributed by atoms with Crippen molar-refractivity contribution in [2.24, 2.45) is 0 Å². The summed E-state index contributed by atoms with van der Waals surface area (Å²) in [7, 11) is 0. The van der Waals surface area contributed by atoms with Gasteiger partial charge in [-0.2, -0.15) is 0 Å². The van der Waals surface area contributed by atoms with Gasteiger partial charge in [-0.25, -0.2) is 28.1 Å². The Morgan fingerprint density at radius 2 is 1.77 bits per heavy atom. The van der Waals surface area contributed by atoms with Crippen molar-refractivity contribution in [1.29, 1.82) is 0 Å². The molecule has 4 rings (SSSR count). The van der Waals surface area contributed by atoms with Crippen LogP contribution >= 0.6 is 0 Å². The normalized spacial score (nSPS) is 11.1. The third-order valence-electron chi connectivity index (χ3n) is 4.60. The quantitative estimate of drug-likeness (QED) is 0.440. The zero-order valence-corrected chi connectivity index (χ0v) is 16.4. The number of rotatable bonds is 8. The molecule has 1 N–H and O–H groups in total. The average molecular weight is 424 g/mol. The lowest BCUT2D eigenvalue weighted by Crippen LogP contribution is -2.07. The standard InChI is InChI=1S/C22H19F3N6/c23-16-6-4-15(5-7-16)20-21(31(14-29-20)12-9-19(24)25)18-8-11-27-22(30-18)28-13-17-3-1-2-10-26-17/h1-8,10-11,14,19H,9,12-13H2,(H,27,28,30). The second kappa shape index (κ2) is 9.38. The van der Waals surface area contributed by atoms with Gasteiger partial charge >= 0.3 is 0 Å². The van der Waals surface area contributed by atoms with E-state index in [1.807, 2.05) is 18.2 Å². The molecule has 158 valence electrons. The Morgan fingerprint density at radius 3 is 2.52 bits per heavy atom. The van der Waals surface area contributed by atoms with Crippen molar-refractivity contribution in [3.8, 4) is 22.6 Å². The number of aromatic nitrogens is 5. The van der Waals surface area contributed by atoms with Crippen LogP contribution in [-0.4, -0.2) is 30.9 Å². The fourth-order valence-electron chi connectivity index (χ4n) is 3.12. The Kier molecular flexibility index (Phi) is 6.21. The number of halogens is 3. The monoisotopic (exact) mass is 424 g/mol. The van der Waals surface area contributed by atoms with Crippen molar-refractivity contribution >= 4 is 5.95 Å². The highest BCUT2D eigenvalue weighted by molar-refractivity contribution is 5.77. The van der Waals surface area contributed by atoms with Crippen molar-refractivity contribution in [2.45, 2.75) is 25.9 Å². The Bertz CT molecular complexity index is 1130. The minimum Gasteiger partial charge on any atom is -0.349 e.